The first-order chi connectivity index (χ1) is 9.15. The number of aliphatic imine (C=N–C) groups is 2. The zero-order valence-corrected chi connectivity index (χ0v) is 12.6. The van der Waals surface area contributed by atoms with Gasteiger partial charge in [-0.3, -0.25) is 0 Å². The summed E-state index contributed by atoms with van der Waals surface area (Å²) in [5.74, 6) is 0.537. The van der Waals surface area contributed by atoms with E-state index >= 15 is 0 Å². The van der Waals surface area contributed by atoms with E-state index in [9.17, 15) is 0 Å². The lowest BCUT2D eigenvalue weighted by atomic mass is 10.0. The van der Waals surface area contributed by atoms with E-state index in [0.717, 1.165) is 15.8 Å². The minimum atomic E-state index is 0.537. The minimum Gasteiger partial charge on any atom is -0.188 e. The molecule has 2 aromatic rings. The van der Waals surface area contributed by atoms with Gasteiger partial charge in [-0.1, -0.05) is 41.9 Å². The van der Waals surface area contributed by atoms with Crippen LogP contribution in [0.5, 0.6) is 0 Å². The van der Waals surface area contributed by atoms with Crippen LogP contribution in [0.15, 0.2) is 63.0 Å². The van der Waals surface area contributed by atoms with Crippen LogP contribution < -0.4 is 0 Å². The highest BCUT2D eigenvalue weighted by atomic mass is 79.9. The Kier molecular flexibility index (Phi) is 4.67. The molecule has 0 spiro atoms. The maximum absolute atomic E-state index is 4.20. The van der Waals surface area contributed by atoms with E-state index in [4.69, 9.17) is 0 Å². The molecule has 0 saturated carbocycles. The molecule has 2 rings (SSSR count). The molecule has 2 aromatic carbocycles. The normalized spacial score (nSPS) is 10.1. The Balaban J connectivity index is 2.11. The van der Waals surface area contributed by atoms with E-state index < -0.39 is 0 Å². The van der Waals surface area contributed by atoms with Crippen molar-refractivity contribution in [3.63, 3.8) is 0 Å². The maximum Gasteiger partial charge on any atom is 0.100 e. The largest absolute Gasteiger partial charge is 0.188 e. The van der Waals surface area contributed by atoms with Gasteiger partial charge in [0.25, 0.3) is 0 Å². The summed E-state index contributed by atoms with van der Waals surface area (Å²) >= 11 is 3.38. The zero-order chi connectivity index (χ0) is 13.7. The van der Waals surface area contributed by atoms with E-state index in [1.54, 1.807) is 0 Å². The lowest BCUT2D eigenvalue weighted by molar-refractivity contribution is 0.867. The van der Waals surface area contributed by atoms with Crippen LogP contribution in [0.4, 0.5) is 11.4 Å². The Morgan fingerprint density at radius 1 is 0.842 bits per heavy atom. The molecule has 0 bridgehead atoms. The SMILES string of the molecule is CC(C)c1ccc(N=C=Nc2ccc(Br)cc2)cc1. The van der Waals surface area contributed by atoms with Gasteiger partial charge in [-0.25, -0.2) is 0 Å². The summed E-state index contributed by atoms with van der Waals surface area (Å²) in [4.78, 5) is 8.36. The lowest BCUT2D eigenvalue weighted by Gasteiger charge is -2.03. The number of nitrogens with zero attached hydrogens (tertiary/aromatic N) is 2. The van der Waals surface area contributed by atoms with E-state index in [-0.39, 0.29) is 0 Å². The third kappa shape index (κ3) is 4.16. The molecule has 3 heteroatoms. The quantitative estimate of drug-likeness (QED) is 0.648. The molecule has 96 valence electrons. The van der Waals surface area contributed by atoms with Gasteiger partial charge in [-0.15, -0.1) is 0 Å². The Morgan fingerprint density at radius 2 is 1.32 bits per heavy atom. The number of halogens is 1. The highest BCUT2D eigenvalue weighted by Crippen LogP contribution is 2.19. The summed E-state index contributed by atoms with van der Waals surface area (Å²) in [6.45, 7) is 4.35. The fraction of sp³-hybridized carbons (Fsp3) is 0.188. The molecule has 0 aromatic heterocycles. The molecule has 0 amide bonds. The molecule has 0 radical (unpaired) electrons. The van der Waals surface area contributed by atoms with E-state index in [0.29, 0.717) is 5.92 Å². The van der Waals surface area contributed by atoms with Crippen LogP contribution in [0.25, 0.3) is 0 Å². The van der Waals surface area contributed by atoms with E-state index in [2.05, 4.69) is 57.9 Å². The average Bonchev–Trinajstić information content (AvgIpc) is 2.41. The summed E-state index contributed by atoms with van der Waals surface area (Å²) in [7, 11) is 0. The highest BCUT2D eigenvalue weighted by Gasteiger charge is 1.97. The van der Waals surface area contributed by atoms with Gasteiger partial charge in [0.05, 0.1) is 11.4 Å². The third-order valence-electron chi connectivity index (χ3n) is 2.74. The predicted octanol–water partition coefficient (Wildman–Crippen LogP) is 5.71. The standard InChI is InChI=1S/C16H15BrN2/c1-12(2)13-3-7-15(8-4-13)18-11-19-16-9-5-14(17)6-10-16/h3-10,12H,1-2H3. The van der Waals surface area contributed by atoms with Crippen molar-refractivity contribution in [1.29, 1.82) is 0 Å². The molecule has 0 aliphatic rings. The van der Waals surface area contributed by atoms with Crippen LogP contribution in [-0.4, -0.2) is 6.01 Å². The monoisotopic (exact) mass is 314 g/mol. The number of rotatable bonds is 3. The molecule has 0 atom stereocenters. The van der Waals surface area contributed by atoms with Crippen LogP contribution in [0.1, 0.15) is 25.3 Å². The lowest BCUT2D eigenvalue weighted by Crippen LogP contribution is -1.84. The van der Waals surface area contributed by atoms with Gasteiger partial charge in [-0.2, -0.15) is 9.98 Å². The van der Waals surface area contributed by atoms with Gasteiger partial charge in [0.2, 0.25) is 0 Å². The van der Waals surface area contributed by atoms with Gasteiger partial charge in [0.15, 0.2) is 0 Å². The Hall–Kier alpha value is -1.70. The minimum absolute atomic E-state index is 0.537. The molecule has 19 heavy (non-hydrogen) atoms. The first kappa shape index (κ1) is 13.7. The van der Waals surface area contributed by atoms with Gasteiger partial charge < -0.3 is 0 Å². The fourth-order valence-electron chi connectivity index (χ4n) is 1.59. The summed E-state index contributed by atoms with van der Waals surface area (Å²) < 4.78 is 1.03. The Labute approximate surface area is 122 Å². The molecule has 0 fully saturated rings. The van der Waals surface area contributed by atoms with Crippen molar-refractivity contribution in [1.82, 2.24) is 0 Å². The molecule has 0 heterocycles. The molecule has 0 unspecified atom stereocenters. The second-order valence-corrected chi connectivity index (χ2v) is 5.46. The van der Waals surface area contributed by atoms with Gasteiger partial charge >= 0.3 is 0 Å². The molecular weight excluding hydrogens is 300 g/mol. The van der Waals surface area contributed by atoms with Crippen LogP contribution in [0.2, 0.25) is 0 Å². The number of hydrogen-bond acceptors (Lipinski definition) is 2. The molecule has 2 nitrogen and oxygen atoms in total. The van der Waals surface area contributed by atoms with Gasteiger partial charge in [-0.05, 0) is 47.9 Å². The summed E-state index contributed by atoms with van der Waals surface area (Å²) in [5.41, 5.74) is 3.01. The second-order valence-electron chi connectivity index (χ2n) is 4.55. The van der Waals surface area contributed by atoms with Crippen LogP contribution >= 0.6 is 15.9 Å². The van der Waals surface area contributed by atoms with Crippen molar-refractivity contribution in [2.24, 2.45) is 9.98 Å². The topological polar surface area (TPSA) is 24.7 Å². The zero-order valence-electron chi connectivity index (χ0n) is 11.0. The van der Waals surface area contributed by atoms with Crippen LogP contribution in [-0.2, 0) is 0 Å². The average molecular weight is 315 g/mol. The Morgan fingerprint density at radius 3 is 1.79 bits per heavy atom. The first-order valence-electron chi connectivity index (χ1n) is 6.17. The molecule has 0 N–H and O–H groups in total. The van der Waals surface area contributed by atoms with Gasteiger partial charge in [0, 0.05) is 4.47 Å². The van der Waals surface area contributed by atoms with Crippen molar-refractivity contribution in [2.45, 2.75) is 19.8 Å². The number of hydrogen-bond donors (Lipinski definition) is 0. The summed E-state index contributed by atoms with van der Waals surface area (Å²) in [6.07, 6.45) is 0. The predicted molar refractivity (Wildman–Crippen MR) is 83.9 cm³/mol. The van der Waals surface area contributed by atoms with Crippen molar-refractivity contribution >= 4 is 33.3 Å². The van der Waals surface area contributed by atoms with Crippen molar-refractivity contribution in [3.05, 3.63) is 58.6 Å². The van der Waals surface area contributed by atoms with E-state index in [1.807, 2.05) is 36.4 Å². The van der Waals surface area contributed by atoms with Gasteiger partial charge in [0.1, 0.15) is 6.01 Å². The van der Waals surface area contributed by atoms with Crippen LogP contribution in [0.3, 0.4) is 0 Å². The Bertz CT molecular complexity index is 592. The van der Waals surface area contributed by atoms with Crippen molar-refractivity contribution < 1.29 is 0 Å². The fourth-order valence-corrected chi connectivity index (χ4v) is 1.85. The summed E-state index contributed by atoms with van der Waals surface area (Å²) in [6, 6.07) is 18.6. The number of benzene rings is 2. The van der Waals surface area contributed by atoms with Crippen molar-refractivity contribution in [3.8, 4) is 0 Å². The van der Waals surface area contributed by atoms with Crippen LogP contribution in [0, 0.1) is 0 Å². The molecular formula is C16H15BrN2. The smallest absolute Gasteiger partial charge is 0.100 e. The van der Waals surface area contributed by atoms with Crippen molar-refractivity contribution in [2.75, 3.05) is 0 Å². The van der Waals surface area contributed by atoms with E-state index in [1.165, 1.54) is 5.56 Å². The summed E-state index contributed by atoms with van der Waals surface area (Å²) in [5, 5.41) is 0. The third-order valence-corrected chi connectivity index (χ3v) is 3.27. The first-order valence-corrected chi connectivity index (χ1v) is 6.96. The molecule has 0 aliphatic carbocycles. The highest BCUT2D eigenvalue weighted by molar-refractivity contribution is 9.10. The molecule has 0 saturated heterocycles. The molecule has 0 aliphatic heterocycles. The second kappa shape index (κ2) is 6.46. The maximum atomic E-state index is 4.20.